The number of carbonyl (C=O) groups is 1. The third-order valence-corrected chi connectivity index (χ3v) is 3.73. The fraction of sp³-hybridized carbons (Fsp3) is 0.923. The molecule has 0 saturated carbocycles. The fourth-order valence-electron chi connectivity index (χ4n) is 2.46. The maximum atomic E-state index is 11.9. The molecule has 110 valence electrons. The summed E-state index contributed by atoms with van der Waals surface area (Å²) in [5, 5.41) is 0. The van der Waals surface area contributed by atoms with Crippen molar-refractivity contribution in [1.82, 2.24) is 10.9 Å². The van der Waals surface area contributed by atoms with Crippen LogP contribution in [0.2, 0.25) is 0 Å². The van der Waals surface area contributed by atoms with Crippen molar-refractivity contribution < 1.29 is 19.0 Å². The molecule has 0 aliphatic carbocycles. The van der Waals surface area contributed by atoms with E-state index < -0.39 is 5.79 Å². The number of rotatable bonds is 4. The summed E-state index contributed by atoms with van der Waals surface area (Å²) in [7, 11) is 0. The smallest absolute Gasteiger partial charge is 0.239 e. The molecule has 2 heterocycles. The summed E-state index contributed by atoms with van der Waals surface area (Å²) in [5.41, 5.74) is 5.88. The minimum absolute atomic E-state index is 0.00971. The summed E-state index contributed by atoms with van der Waals surface area (Å²) >= 11 is 0. The van der Waals surface area contributed by atoms with E-state index in [1.54, 1.807) is 6.92 Å². The molecule has 2 N–H and O–H groups in total. The first-order valence-electron chi connectivity index (χ1n) is 6.81. The van der Waals surface area contributed by atoms with Crippen LogP contribution in [0.1, 0.15) is 33.6 Å². The van der Waals surface area contributed by atoms with Crippen LogP contribution in [0.4, 0.5) is 0 Å². The highest BCUT2D eigenvalue weighted by atomic mass is 16.7. The van der Waals surface area contributed by atoms with Crippen molar-refractivity contribution in [1.29, 1.82) is 0 Å². The SMILES string of the molecule is CC1(CC(=O)NNC2CCOCC2(C)C)OCCO1. The van der Waals surface area contributed by atoms with Gasteiger partial charge in [-0.2, -0.15) is 0 Å². The van der Waals surface area contributed by atoms with Crippen LogP contribution in [0, 0.1) is 5.41 Å². The summed E-state index contributed by atoms with van der Waals surface area (Å²) in [5.74, 6) is -0.900. The third kappa shape index (κ3) is 3.89. The molecule has 0 spiro atoms. The molecule has 19 heavy (non-hydrogen) atoms. The molecule has 0 aromatic carbocycles. The molecule has 1 unspecified atom stereocenters. The Morgan fingerprint density at radius 2 is 1.89 bits per heavy atom. The molecule has 1 amide bonds. The Morgan fingerprint density at radius 3 is 2.53 bits per heavy atom. The summed E-state index contributed by atoms with van der Waals surface area (Å²) in [6.07, 6.45) is 1.08. The van der Waals surface area contributed by atoms with Gasteiger partial charge in [-0.15, -0.1) is 0 Å². The van der Waals surface area contributed by atoms with Crippen LogP contribution in [-0.4, -0.2) is 44.2 Å². The average Bonchev–Trinajstić information content (AvgIpc) is 2.73. The number of nitrogens with one attached hydrogen (secondary N) is 2. The van der Waals surface area contributed by atoms with Crippen molar-refractivity contribution in [2.24, 2.45) is 5.41 Å². The van der Waals surface area contributed by atoms with Gasteiger partial charge in [-0.3, -0.25) is 10.2 Å². The molecular formula is C13H24N2O4. The number of hydrogen-bond acceptors (Lipinski definition) is 5. The largest absolute Gasteiger partial charge is 0.381 e. The van der Waals surface area contributed by atoms with Crippen LogP contribution >= 0.6 is 0 Å². The van der Waals surface area contributed by atoms with Gasteiger partial charge in [-0.25, -0.2) is 5.43 Å². The van der Waals surface area contributed by atoms with Gasteiger partial charge in [0.25, 0.3) is 0 Å². The van der Waals surface area contributed by atoms with E-state index in [2.05, 4.69) is 24.7 Å². The van der Waals surface area contributed by atoms with Crippen molar-refractivity contribution in [2.75, 3.05) is 26.4 Å². The predicted octanol–water partition coefficient (Wildman–Crippen LogP) is 0.575. The highest BCUT2D eigenvalue weighted by Crippen LogP contribution is 2.27. The fourth-order valence-corrected chi connectivity index (χ4v) is 2.46. The highest BCUT2D eigenvalue weighted by Gasteiger charge is 2.35. The molecule has 0 aromatic rings. The second-order valence-corrected chi connectivity index (χ2v) is 6.08. The molecule has 2 saturated heterocycles. The van der Waals surface area contributed by atoms with Crippen molar-refractivity contribution >= 4 is 5.91 Å². The zero-order valence-corrected chi connectivity index (χ0v) is 12.0. The minimum Gasteiger partial charge on any atom is -0.381 e. The molecule has 2 aliphatic heterocycles. The van der Waals surface area contributed by atoms with Gasteiger partial charge in [-0.05, 0) is 13.3 Å². The Morgan fingerprint density at radius 1 is 1.21 bits per heavy atom. The summed E-state index contributed by atoms with van der Waals surface area (Å²) in [6, 6.07) is 0.212. The normalized spacial score (nSPS) is 29.1. The highest BCUT2D eigenvalue weighted by molar-refractivity contribution is 5.76. The van der Waals surface area contributed by atoms with Gasteiger partial charge < -0.3 is 14.2 Å². The Labute approximate surface area is 114 Å². The topological polar surface area (TPSA) is 68.8 Å². The number of amides is 1. The summed E-state index contributed by atoms with van der Waals surface area (Å²) in [6.45, 7) is 8.55. The van der Waals surface area contributed by atoms with Gasteiger partial charge in [0.1, 0.15) is 0 Å². The molecule has 0 bridgehead atoms. The van der Waals surface area contributed by atoms with E-state index in [4.69, 9.17) is 14.2 Å². The molecule has 6 heteroatoms. The monoisotopic (exact) mass is 272 g/mol. The molecule has 2 aliphatic rings. The van der Waals surface area contributed by atoms with Crippen LogP contribution in [0.3, 0.4) is 0 Å². The average molecular weight is 272 g/mol. The van der Waals surface area contributed by atoms with E-state index in [1.165, 1.54) is 0 Å². The van der Waals surface area contributed by atoms with E-state index in [9.17, 15) is 4.79 Å². The zero-order chi connectivity index (χ0) is 13.9. The second kappa shape index (κ2) is 5.75. The first kappa shape index (κ1) is 14.7. The lowest BCUT2D eigenvalue weighted by atomic mass is 9.82. The molecule has 0 radical (unpaired) electrons. The molecule has 1 atom stereocenters. The van der Waals surface area contributed by atoms with E-state index in [1.807, 2.05) is 0 Å². The Balaban J connectivity index is 1.76. The maximum absolute atomic E-state index is 11.9. The van der Waals surface area contributed by atoms with E-state index >= 15 is 0 Å². The van der Waals surface area contributed by atoms with E-state index in [0.717, 1.165) is 13.0 Å². The molecule has 2 rings (SSSR count). The van der Waals surface area contributed by atoms with Crippen molar-refractivity contribution in [2.45, 2.75) is 45.4 Å². The first-order valence-corrected chi connectivity index (χ1v) is 6.81. The zero-order valence-electron chi connectivity index (χ0n) is 12.0. The molecule has 0 aromatic heterocycles. The van der Waals surface area contributed by atoms with Crippen LogP contribution < -0.4 is 10.9 Å². The Kier molecular flexibility index (Phi) is 4.45. The van der Waals surface area contributed by atoms with Crippen LogP contribution in [-0.2, 0) is 19.0 Å². The van der Waals surface area contributed by atoms with Crippen molar-refractivity contribution in [3.05, 3.63) is 0 Å². The Hall–Kier alpha value is -0.690. The third-order valence-electron chi connectivity index (χ3n) is 3.73. The van der Waals surface area contributed by atoms with Crippen LogP contribution in [0.25, 0.3) is 0 Å². The van der Waals surface area contributed by atoms with E-state index in [0.29, 0.717) is 19.8 Å². The quantitative estimate of drug-likeness (QED) is 0.733. The second-order valence-electron chi connectivity index (χ2n) is 6.08. The van der Waals surface area contributed by atoms with Gasteiger partial charge in [0.05, 0.1) is 26.2 Å². The van der Waals surface area contributed by atoms with Gasteiger partial charge in [-0.1, -0.05) is 13.8 Å². The van der Waals surface area contributed by atoms with Gasteiger partial charge >= 0.3 is 0 Å². The lowest BCUT2D eigenvalue weighted by Gasteiger charge is -2.38. The maximum Gasteiger partial charge on any atom is 0.239 e. The summed E-state index contributed by atoms with van der Waals surface area (Å²) < 4.78 is 16.3. The lowest BCUT2D eigenvalue weighted by molar-refractivity contribution is -0.160. The van der Waals surface area contributed by atoms with Gasteiger partial charge in [0.2, 0.25) is 5.91 Å². The summed E-state index contributed by atoms with van der Waals surface area (Å²) in [4.78, 5) is 11.9. The van der Waals surface area contributed by atoms with E-state index in [-0.39, 0.29) is 23.8 Å². The number of carbonyl (C=O) groups excluding carboxylic acids is 1. The lowest BCUT2D eigenvalue weighted by Crippen LogP contribution is -2.55. The standard InChI is InChI=1S/C13H24N2O4/c1-12(2)9-17-5-4-10(12)14-15-11(16)8-13(3)18-6-7-19-13/h10,14H,4-9H2,1-3H3,(H,15,16). The molecule has 2 fully saturated rings. The first-order chi connectivity index (χ1) is 8.91. The van der Waals surface area contributed by atoms with Gasteiger partial charge in [0.15, 0.2) is 5.79 Å². The number of hydrazine groups is 1. The van der Waals surface area contributed by atoms with Crippen molar-refractivity contribution in [3.63, 3.8) is 0 Å². The van der Waals surface area contributed by atoms with Crippen molar-refractivity contribution in [3.8, 4) is 0 Å². The van der Waals surface area contributed by atoms with Crippen LogP contribution in [0.5, 0.6) is 0 Å². The van der Waals surface area contributed by atoms with Gasteiger partial charge in [0, 0.05) is 18.1 Å². The molecule has 6 nitrogen and oxygen atoms in total. The number of hydrogen-bond donors (Lipinski definition) is 2. The van der Waals surface area contributed by atoms with Crippen LogP contribution in [0.15, 0.2) is 0 Å². The minimum atomic E-state index is -0.781. The molecular weight excluding hydrogens is 248 g/mol. The predicted molar refractivity (Wildman–Crippen MR) is 69.2 cm³/mol. The number of ether oxygens (including phenoxy) is 3. The Bertz CT molecular complexity index is 327.